The second kappa shape index (κ2) is 4.49. The summed E-state index contributed by atoms with van der Waals surface area (Å²) >= 11 is 0. The Morgan fingerprint density at radius 3 is 2.92 bits per heavy atom. The smallest absolute Gasteiger partial charge is 0.0720 e. The molecule has 0 nitrogen and oxygen atoms in total. The van der Waals surface area contributed by atoms with E-state index >= 15 is 0 Å². The highest BCUT2D eigenvalue weighted by molar-refractivity contribution is 5.53. The largest absolute Gasteiger partial charge is 0.128 e. The molecule has 0 aliphatic heterocycles. The third-order valence-corrected chi connectivity index (χ3v) is 1.73. The zero-order valence-electron chi connectivity index (χ0n) is 8.93. The minimum atomic E-state index is 0.349. The average molecular weight is 171 g/mol. The van der Waals surface area contributed by atoms with Gasteiger partial charge in [0.15, 0.2) is 0 Å². The summed E-state index contributed by atoms with van der Waals surface area (Å²) in [5.74, 6) is 0. The summed E-state index contributed by atoms with van der Waals surface area (Å²) in [7, 11) is 0. The van der Waals surface area contributed by atoms with E-state index in [0.29, 0.717) is 6.05 Å². The van der Waals surface area contributed by atoms with Crippen LogP contribution < -0.4 is 0 Å². The van der Waals surface area contributed by atoms with E-state index in [1.165, 1.54) is 0 Å². The fraction of sp³-hybridized carbons (Fsp3) is 0.154. The molecule has 0 fully saturated rings. The van der Waals surface area contributed by atoms with Crippen molar-refractivity contribution in [2.24, 2.45) is 0 Å². The Labute approximate surface area is 81.3 Å². The highest BCUT2D eigenvalue weighted by Crippen LogP contribution is 2.13. The van der Waals surface area contributed by atoms with Crippen molar-refractivity contribution in [3.8, 4) is 0 Å². The lowest BCUT2D eigenvalue weighted by molar-refractivity contribution is 1.15. The Kier molecular flexibility index (Phi) is 2.80. The van der Waals surface area contributed by atoms with E-state index in [9.17, 15) is 0 Å². The Balaban J connectivity index is 3.15. The number of hydrogen-bond donors (Lipinski definition) is 0. The first-order valence-corrected chi connectivity index (χ1v) is 4.24. The maximum atomic E-state index is 7.66. The van der Waals surface area contributed by atoms with Crippen LogP contribution >= 0.6 is 0 Å². The second-order valence-electron chi connectivity index (χ2n) is 3.09. The highest BCUT2D eigenvalue weighted by Gasteiger charge is 1.97. The van der Waals surface area contributed by atoms with Crippen molar-refractivity contribution < 1.29 is 1.37 Å². The van der Waals surface area contributed by atoms with Crippen molar-refractivity contribution in [2.45, 2.75) is 13.3 Å². The quantitative estimate of drug-likeness (QED) is 0.481. The van der Waals surface area contributed by atoms with Gasteiger partial charge >= 0.3 is 0 Å². The van der Waals surface area contributed by atoms with Crippen LogP contribution in [0.3, 0.4) is 0 Å². The van der Waals surface area contributed by atoms with Gasteiger partial charge in [-0.05, 0) is 30.5 Å². The van der Waals surface area contributed by atoms with Crippen LogP contribution in [0, 0.1) is 0 Å². The summed E-state index contributed by atoms with van der Waals surface area (Å²) < 4.78 is 7.66. The van der Waals surface area contributed by atoms with E-state index in [-0.39, 0.29) is 0 Å². The minimum Gasteiger partial charge on any atom is -0.128 e. The predicted octanol–water partition coefficient (Wildman–Crippen LogP) is 3.60. The molecule has 0 heterocycles. The number of hydrogen-bond acceptors (Lipinski definition) is 0. The molecule has 0 atom stereocenters. The van der Waals surface area contributed by atoms with Crippen molar-refractivity contribution in [1.29, 1.82) is 0 Å². The fourth-order valence-corrected chi connectivity index (χ4v) is 1.22. The number of benzene rings is 1. The lowest BCUT2D eigenvalue weighted by Gasteiger charge is -2.03. The van der Waals surface area contributed by atoms with E-state index in [4.69, 9.17) is 1.37 Å². The van der Waals surface area contributed by atoms with Gasteiger partial charge in [-0.3, -0.25) is 0 Å². The van der Waals surface area contributed by atoms with Crippen molar-refractivity contribution >= 4 is 6.05 Å². The zero-order valence-corrected chi connectivity index (χ0v) is 7.93. The normalized spacial score (nSPS) is 10.1. The summed E-state index contributed by atoms with van der Waals surface area (Å²) in [5, 5.41) is 0. The van der Waals surface area contributed by atoms with Gasteiger partial charge in [0, 0.05) is 0 Å². The van der Waals surface area contributed by atoms with Crippen LogP contribution in [-0.2, 0) is 6.42 Å². The van der Waals surface area contributed by atoms with Crippen LogP contribution in [-0.4, -0.2) is 0 Å². The van der Waals surface area contributed by atoms with Crippen molar-refractivity contribution in [2.75, 3.05) is 0 Å². The van der Waals surface area contributed by atoms with Crippen LogP contribution in [0.25, 0.3) is 6.05 Å². The zero-order chi connectivity index (χ0) is 10.6. The molecule has 0 aromatic heterocycles. The standard InChI is InChI=1S/C13H14/c1-4-7-12-8-5-6-9-13(12)10-11(2)3/h5-9H,1-2,10H2,3H3/i7D. The molecule has 0 amide bonds. The molecule has 0 aliphatic rings. The van der Waals surface area contributed by atoms with Crippen molar-refractivity contribution in [1.82, 2.24) is 0 Å². The molecule has 13 heavy (non-hydrogen) atoms. The maximum Gasteiger partial charge on any atom is 0.0720 e. The molecule has 1 rings (SSSR count). The van der Waals surface area contributed by atoms with Crippen LogP contribution in [0.4, 0.5) is 0 Å². The Morgan fingerprint density at radius 1 is 1.62 bits per heavy atom. The molecule has 0 saturated heterocycles. The molecule has 1 aromatic carbocycles. The molecule has 0 radical (unpaired) electrons. The van der Waals surface area contributed by atoms with E-state index in [2.05, 4.69) is 18.9 Å². The highest BCUT2D eigenvalue weighted by atomic mass is 14.0. The lowest BCUT2D eigenvalue weighted by Crippen LogP contribution is -1.88. The molecule has 0 unspecified atom stereocenters. The van der Waals surface area contributed by atoms with Gasteiger partial charge in [-0.2, -0.15) is 0 Å². The molecule has 66 valence electrons. The Hall–Kier alpha value is -1.52. The van der Waals surface area contributed by atoms with Gasteiger partial charge < -0.3 is 0 Å². The first-order valence-electron chi connectivity index (χ1n) is 4.74. The lowest BCUT2D eigenvalue weighted by atomic mass is 10.0. The molecular formula is C13H14. The van der Waals surface area contributed by atoms with E-state index in [1.54, 1.807) is 0 Å². The second-order valence-corrected chi connectivity index (χ2v) is 3.09. The van der Waals surface area contributed by atoms with E-state index in [0.717, 1.165) is 23.1 Å². The molecule has 0 saturated carbocycles. The average Bonchev–Trinajstić information content (AvgIpc) is 2.16. The van der Waals surface area contributed by atoms with E-state index in [1.807, 2.05) is 31.2 Å². The fourth-order valence-electron chi connectivity index (χ4n) is 1.22. The monoisotopic (exact) mass is 171 g/mol. The molecule has 0 heteroatoms. The van der Waals surface area contributed by atoms with Crippen LogP contribution in [0.5, 0.6) is 0 Å². The molecule has 0 spiro atoms. The van der Waals surface area contributed by atoms with Crippen molar-refractivity contribution in [3.63, 3.8) is 0 Å². The summed E-state index contributed by atoms with van der Waals surface area (Å²) in [5.41, 5.74) is 5.70. The summed E-state index contributed by atoms with van der Waals surface area (Å²) in [6.45, 7) is 9.34. The number of allylic oxidation sites excluding steroid dienone is 1. The molecule has 1 aromatic rings. The van der Waals surface area contributed by atoms with Gasteiger partial charge in [-0.1, -0.05) is 43.0 Å². The van der Waals surface area contributed by atoms with Gasteiger partial charge in [0.1, 0.15) is 0 Å². The molecule has 0 bridgehead atoms. The van der Waals surface area contributed by atoms with Gasteiger partial charge in [-0.15, -0.1) is 5.73 Å². The van der Waals surface area contributed by atoms with Crippen LogP contribution in [0.1, 0.15) is 19.4 Å². The van der Waals surface area contributed by atoms with E-state index < -0.39 is 0 Å². The third kappa shape index (κ3) is 2.77. The third-order valence-electron chi connectivity index (χ3n) is 1.73. The molecule has 0 N–H and O–H groups in total. The predicted molar refractivity (Wildman–Crippen MR) is 58.6 cm³/mol. The summed E-state index contributed by atoms with van der Waals surface area (Å²) in [6, 6.07) is 8.16. The van der Waals surface area contributed by atoms with Gasteiger partial charge in [-0.25, -0.2) is 0 Å². The molecular weight excluding hydrogens is 156 g/mol. The van der Waals surface area contributed by atoms with Crippen LogP contribution in [0.15, 0.2) is 48.7 Å². The SMILES string of the molecule is [2H]C(=C=C)c1ccccc1CC(=C)C. The van der Waals surface area contributed by atoms with Crippen molar-refractivity contribution in [3.05, 3.63) is 59.9 Å². The first-order chi connectivity index (χ1) is 6.65. The number of rotatable bonds is 3. The van der Waals surface area contributed by atoms with Crippen LogP contribution in [0.2, 0.25) is 0 Å². The summed E-state index contributed by atoms with van der Waals surface area (Å²) in [4.78, 5) is 0. The first kappa shape index (κ1) is 8.10. The minimum absolute atomic E-state index is 0.349. The Morgan fingerprint density at radius 2 is 2.31 bits per heavy atom. The molecule has 0 aliphatic carbocycles. The topological polar surface area (TPSA) is 0 Å². The maximum absolute atomic E-state index is 7.66. The Bertz CT molecular complexity index is 395. The summed E-state index contributed by atoms with van der Waals surface area (Å²) in [6.07, 6.45) is 0.806. The van der Waals surface area contributed by atoms with Gasteiger partial charge in [0.2, 0.25) is 0 Å². The van der Waals surface area contributed by atoms with Gasteiger partial charge in [0.05, 0.1) is 1.37 Å². The van der Waals surface area contributed by atoms with Gasteiger partial charge in [0.25, 0.3) is 0 Å².